The number of aromatic nitrogens is 4. The van der Waals surface area contributed by atoms with E-state index in [2.05, 4.69) is 15.5 Å². The maximum absolute atomic E-state index is 13.6. The maximum Gasteiger partial charge on any atom is 0.329 e. The van der Waals surface area contributed by atoms with Gasteiger partial charge in [-0.15, -0.1) is 9.89 Å². The van der Waals surface area contributed by atoms with Crippen LogP contribution in [0.5, 0.6) is 0 Å². The summed E-state index contributed by atoms with van der Waals surface area (Å²) in [5, 5.41) is 21.8. The zero-order chi connectivity index (χ0) is 27.8. The number of nitrogens with zero attached hydrogens (tertiary/aromatic N) is 6. The zero-order valence-electron chi connectivity index (χ0n) is 20.2. The number of carboxylic acid groups (broad SMARTS) is 1. The van der Waals surface area contributed by atoms with Crippen LogP contribution in [0, 0.1) is 6.92 Å². The second kappa shape index (κ2) is 10.3. The van der Waals surface area contributed by atoms with E-state index in [4.69, 9.17) is 23.2 Å². The van der Waals surface area contributed by atoms with Gasteiger partial charge >= 0.3 is 5.97 Å². The largest absolute Gasteiger partial charge is 0.480 e. The van der Waals surface area contributed by atoms with E-state index in [0.29, 0.717) is 27.9 Å². The number of aryl methyl sites for hydroxylation is 1. The van der Waals surface area contributed by atoms with Crippen LogP contribution in [-0.4, -0.2) is 55.2 Å². The Kier molecular flexibility index (Phi) is 6.85. The van der Waals surface area contributed by atoms with E-state index in [1.165, 1.54) is 12.1 Å². The second-order valence-corrected chi connectivity index (χ2v) is 9.46. The van der Waals surface area contributed by atoms with E-state index in [0.717, 1.165) is 21.0 Å². The van der Waals surface area contributed by atoms with E-state index in [9.17, 15) is 24.3 Å². The third-order valence-corrected chi connectivity index (χ3v) is 6.90. The lowest BCUT2D eigenvalue weighted by atomic mass is 10.0. The highest BCUT2D eigenvalue weighted by Gasteiger charge is 2.38. The Morgan fingerprint density at radius 2 is 1.64 bits per heavy atom. The summed E-state index contributed by atoms with van der Waals surface area (Å²) >= 11 is 12.4. The number of hydrogen-bond donors (Lipinski definition) is 1. The number of anilines is 1. The van der Waals surface area contributed by atoms with Crippen molar-refractivity contribution in [2.75, 3.05) is 9.91 Å². The van der Waals surface area contributed by atoms with Crippen molar-refractivity contribution in [1.82, 2.24) is 20.3 Å². The van der Waals surface area contributed by atoms with Gasteiger partial charge in [0, 0.05) is 6.42 Å². The van der Waals surface area contributed by atoms with Gasteiger partial charge in [0.15, 0.2) is 12.4 Å². The Morgan fingerprint density at radius 1 is 0.974 bits per heavy atom. The molecular weight excluding hydrogens is 547 g/mol. The number of hydrogen-bond acceptors (Lipinski definition) is 7. The molecule has 1 aliphatic rings. The van der Waals surface area contributed by atoms with E-state index < -0.39 is 29.7 Å². The number of carbonyl (C=O) groups is 4. The summed E-state index contributed by atoms with van der Waals surface area (Å²) in [5.74, 6) is -3.05. The summed E-state index contributed by atoms with van der Waals surface area (Å²) in [6, 6.07) is 14.3. The SMILES string of the molecule is Cc1cccc2c1C(=O)N(c1ccc(CC(C(=O)O)N(C(=O)c3c(Cl)cccc3Cl)n3cnnn3)cc1)C2=O. The van der Waals surface area contributed by atoms with Gasteiger partial charge in [0.1, 0.15) is 0 Å². The van der Waals surface area contributed by atoms with E-state index in [-0.39, 0.29) is 22.0 Å². The van der Waals surface area contributed by atoms with Crippen LogP contribution in [0.4, 0.5) is 5.69 Å². The van der Waals surface area contributed by atoms with Gasteiger partial charge < -0.3 is 5.11 Å². The van der Waals surface area contributed by atoms with Crippen LogP contribution in [0.1, 0.15) is 42.2 Å². The van der Waals surface area contributed by atoms with Crippen molar-refractivity contribution >= 4 is 52.6 Å². The first-order valence-corrected chi connectivity index (χ1v) is 12.3. The van der Waals surface area contributed by atoms with Gasteiger partial charge in [-0.3, -0.25) is 14.4 Å². The Balaban J connectivity index is 1.46. The first-order valence-electron chi connectivity index (χ1n) is 11.5. The second-order valence-electron chi connectivity index (χ2n) is 8.64. The van der Waals surface area contributed by atoms with Crippen LogP contribution in [-0.2, 0) is 11.2 Å². The molecule has 1 unspecified atom stereocenters. The van der Waals surface area contributed by atoms with Crippen molar-refractivity contribution in [3.05, 3.63) is 105 Å². The van der Waals surface area contributed by atoms with E-state index in [1.54, 1.807) is 55.5 Å². The van der Waals surface area contributed by atoms with Crippen molar-refractivity contribution in [3.63, 3.8) is 0 Å². The molecule has 196 valence electrons. The normalized spacial score (nSPS) is 13.4. The number of carbonyl (C=O) groups excluding carboxylic acids is 3. The van der Waals surface area contributed by atoms with Crippen LogP contribution in [0.2, 0.25) is 10.0 Å². The van der Waals surface area contributed by atoms with Gasteiger partial charge in [0.2, 0.25) is 0 Å². The van der Waals surface area contributed by atoms with Crippen LogP contribution < -0.4 is 9.91 Å². The number of rotatable bonds is 7. The van der Waals surface area contributed by atoms with Crippen molar-refractivity contribution in [2.24, 2.45) is 0 Å². The molecule has 1 N–H and O–H groups in total. The van der Waals surface area contributed by atoms with Gasteiger partial charge in [-0.25, -0.2) is 14.7 Å². The minimum Gasteiger partial charge on any atom is -0.480 e. The minimum absolute atomic E-state index is 0.0234. The van der Waals surface area contributed by atoms with Crippen molar-refractivity contribution in [3.8, 4) is 0 Å². The standard InChI is InChI=1S/C26H18Cl2N6O5/c1-14-4-2-5-17-21(14)24(36)33(23(17)35)16-10-8-15(9-11-16)12-20(26(38)39)34(32-13-29-30-31-32)25(37)22-18(27)6-3-7-19(22)28/h2-11,13,20H,12H2,1H3,(H,38,39). The van der Waals surface area contributed by atoms with Gasteiger partial charge in [0.05, 0.1) is 32.4 Å². The fraction of sp³-hybridized carbons (Fsp3) is 0.115. The molecular formula is C26H18Cl2N6O5. The molecule has 0 bridgehead atoms. The number of imide groups is 1. The number of carboxylic acids is 1. The number of aliphatic carboxylic acids is 1. The third kappa shape index (κ3) is 4.62. The summed E-state index contributed by atoms with van der Waals surface area (Å²) in [6.07, 6.45) is 0.899. The monoisotopic (exact) mass is 564 g/mol. The van der Waals surface area contributed by atoms with Crippen LogP contribution in [0.15, 0.2) is 67.0 Å². The lowest BCUT2D eigenvalue weighted by molar-refractivity contribution is -0.139. The Morgan fingerprint density at radius 3 is 2.23 bits per heavy atom. The van der Waals surface area contributed by atoms with Crippen molar-refractivity contribution < 1.29 is 24.3 Å². The molecule has 0 spiro atoms. The lowest BCUT2D eigenvalue weighted by Crippen LogP contribution is -2.53. The topological polar surface area (TPSA) is 139 Å². The Labute approximate surface area is 231 Å². The smallest absolute Gasteiger partial charge is 0.329 e. The van der Waals surface area contributed by atoms with E-state index in [1.807, 2.05) is 0 Å². The highest BCUT2D eigenvalue weighted by molar-refractivity contribution is 6.40. The van der Waals surface area contributed by atoms with Gasteiger partial charge in [0.25, 0.3) is 17.7 Å². The first-order chi connectivity index (χ1) is 18.7. The number of benzene rings is 3. The summed E-state index contributed by atoms with van der Waals surface area (Å²) in [5.41, 5.74) is 2.08. The molecule has 5 rings (SSSR count). The third-order valence-electron chi connectivity index (χ3n) is 6.27. The number of fused-ring (bicyclic) bond motifs is 1. The lowest BCUT2D eigenvalue weighted by Gasteiger charge is -2.28. The van der Waals surface area contributed by atoms with Gasteiger partial charge in [-0.2, -0.15) is 0 Å². The predicted molar refractivity (Wildman–Crippen MR) is 141 cm³/mol. The minimum atomic E-state index is -1.49. The number of halogens is 2. The van der Waals surface area contributed by atoms with Crippen LogP contribution in [0.25, 0.3) is 0 Å². The van der Waals surface area contributed by atoms with E-state index >= 15 is 0 Å². The van der Waals surface area contributed by atoms with Crippen LogP contribution >= 0.6 is 23.2 Å². The number of amides is 3. The number of tetrazole rings is 1. The summed E-state index contributed by atoms with van der Waals surface area (Å²) < 4.78 is 0. The molecule has 1 atom stereocenters. The molecule has 0 radical (unpaired) electrons. The fourth-order valence-electron chi connectivity index (χ4n) is 4.42. The maximum atomic E-state index is 13.6. The van der Waals surface area contributed by atoms with Gasteiger partial charge in [-0.1, -0.05) is 53.5 Å². The van der Waals surface area contributed by atoms with Crippen molar-refractivity contribution in [2.45, 2.75) is 19.4 Å². The molecule has 0 saturated heterocycles. The molecule has 11 nitrogen and oxygen atoms in total. The first kappa shape index (κ1) is 26.0. The van der Waals surface area contributed by atoms with Crippen molar-refractivity contribution in [1.29, 1.82) is 0 Å². The summed E-state index contributed by atoms with van der Waals surface area (Å²) in [4.78, 5) is 53.9. The summed E-state index contributed by atoms with van der Waals surface area (Å²) in [7, 11) is 0. The highest BCUT2D eigenvalue weighted by Crippen LogP contribution is 2.31. The molecule has 13 heteroatoms. The van der Waals surface area contributed by atoms with Gasteiger partial charge in [-0.05, 0) is 58.8 Å². The molecule has 3 amide bonds. The average Bonchev–Trinajstić information content (AvgIpc) is 3.51. The molecule has 39 heavy (non-hydrogen) atoms. The summed E-state index contributed by atoms with van der Waals surface area (Å²) in [6.45, 7) is 1.76. The molecule has 1 aliphatic heterocycles. The molecule has 1 aromatic heterocycles. The molecule has 0 saturated carbocycles. The molecule has 4 aromatic rings. The highest BCUT2D eigenvalue weighted by atomic mass is 35.5. The fourth-order valence-corrected chi connectivity index (χ4v) is 4.98. The average molecular weight is 565 g/mol. The Bertz CT molecular complexity index is 1600. The Hall–Kier alpha value is -4.61. The molecule has 2 heterocycles. The zero-order valence-corrected chi connectivity index (χ0v) is 21.7. The molecule has 0 aliphatic carbocycles. The molecule has 3 aromatic carbocycles. The quantitative estimate of drug-likeness (QED) is 0.336. The van der Waals surface area contributed by atoms with Crippen LogP contribution in [0.3, 0.4) is 0 Å². The molecule has 0 fully saturated rings. The predicted octanol–water partition coefficient (Wildman–Crippen LogP) is 3.56.